The van der Waals surface area contributed by atoms with Crippen LogP contribution in [0.15, 0.2) is 24.3 Å². The summed E-state index contributed by atoms with van der Waals surface area (Å²) in [5.41, 5.74) is 1.53. The molecule has 1 aliphatic carbocycles. The summed E-state index contributed by atoms with van der Waals surface area (Å²) >= 11 is 0. The van der Waals surface area contributed by atoms with Crippen molar-refractivity contribution in [3.63, 3.8) is 0 Å². The van der Waals surface area contributed by atoms with Crippen LogP contribution in [0, 0.1) is 0 Å². The molecule has 3 amide bonds. The number of hydrogen-bond donors (Lipinski definition) is 2. The van der Waals surface area contributed by atoms with Gasteiger partial charge < -0.3 is 15.5 Å². The fraction of sp³-hybridized carbons (Fsp3) is 0.526. The normalized spacial score (nSPS) is 20.5. The van der Waals surface area contributed by atoms with Gasteiger partial charge in [0.2, 0.25) is 0 Å². The van der Waals surface area contributed by atoms with Crippen LogP contribution in [0.2, 0.25) is 0 Å². The molecule has 0 unspecified atom stereocenters. The van der Waals surface area contributed by atoms with E-state index in [-0.39, 0.29) is 18.0 Å². The van der Waals surface area contributed by atoms with E-state index in [0.29, 0.717) is 0 Å². The van der Waals surface area contributed by atoms with Gasteiger partial charge in [0, 0.05) is 23.3 Å². The van der Waals surface area contributed by atoms with E-state index in [9.17, 15) is 14.4 Å². The summed E-state index contributed by atoms with van der Waals surface area (Å²) in [4.78, 5) is 38.9. The lowest BCUT2D eigenvalue weighted by Crippen LogP contribution is -2.48. The van der Waals surface area contributed by atoms with Crippen LogP contribution in [0.3, 0.4) is 0 Å². The quantitative estimate of drug-likeness (QED) is 0.825. The monoisotopic (exact) mass is 343 g/mol. The van der Waals surface area contributed by atoms with Gasteiger partial charge >= 0.3 is 11.8 Å². The molecule has 1 aromatic rings. The summed E-state index contributed by atoms with van der Waals surface area (Å²) in [5.74, 6) is -1.60. The van der Waals surface area contributed by atoms with Gasteiger partial charge in [-0.05, 0) is 32.8 Å². The number of nitrogens with one attached hydrogen (secondary N) is 2. The molecule has 0 saturated heterocycles. The van der Waals surface area contributed by atoms with E-state index >= 15 is 0 Å². The van der Waals surface area contributed by atoms with Crippen molar-refractivity contribution in [2.24, 2.45) is 0 Å². The number of carbonyl (C=O) groups excluding carboxylic acids is 3. The number of fused-ring (bicyclic) bond motifs is 1. The second kappa shape index (κ2) is 7.25. The van der Waals surface area contributed by atoms with Gasteiger partial charge in [-0.15, -0.1) is 0 Å². The zero-order chi connectivity index (χ0) is 18.0. The van der Waals surface area contributed by atoms with Crippen LogP contribution in [0.5, 0.6) is 0 Å². The second-order valence-electron chi connectivity index (χ2n) is 7.08. The molecule has 2 aliphatic rings. The maximum atomic E-state index is 12.7. The molecular formula is C19H25N3O3. The second-order valence-corrected chi connectivity index (χ2v) is 7.08. The molecule has 0 bridgehead atoms. The number of nitrogens with zero attached hydrogens (tertiary/aromatic N) is 1. The van der Waals surface area contributed by atoms with E-state index < -0.39 is 17.9 Å². The fourth-order valence-electron chi connectivity index (χ4n) is 3.71. The zero-order valence-corrected chi connectivity index (χ0v) is 14.7. The lowest BCUT2D eigenvalue weighted by Gasteiger charge is -2.23. The minimum Gasteiger partial charge on any atom is -0.345 e. The third-order valence-electron chi connectivity index (χ3n) is 4.93. The molecule has 6 heteroatoms. The van der Waals surface area contributed by atoms with E-state index in [4.69, 9.17) is 0 Å². The molecule has 25 heavy (non-hydrogen) atoms. The Morgan fingerprint density at radius 3 is 2.36 bits per heavy atom. The molecule has 3 rings (SSSR count). The first-order valence-corrected chi connectivity index (χ1v) is 9.02. The Morgan fingerprint density at radius 1 is 1.04 bits per heavy atom. The van der Waals surface area contributed by atoms with Crippen LogP contribution in [0.25, 0.3) is 0 Å². The number of benzene rings is 1. The summed E-state index contributed by atoms with van der Waals surface area (Å²) < 4.78 is 0. The highest BCUT2D eigenvalue weighted by Crippen LogP contribution is 2.36. The molecule has 2 N–H and O–H groups in total. The molecule has 0 aromatic heterocycles. The third-order valence-corrected chi connectivity index (χ3v) is 4.93. The number of rotatable bonds is 3. The summed E-state index contributed by atoms with van der Waals surface area (Å²) in [6.45, 7) is 3.85. The fourth-order valence-corrected chi connectivity index (χ4v) is 3.71. The SMILES string of the molecule is CC(C)N1C(=O)[C@H](NC(=O)C(=O)NC2CCCCC2)c2ccccc21. The molecule has 134 valence electrons. The first-order valence-electron chi connectivity index (χ1n) is 9.02. The van der Waals surface area contributed by atoms with Crippen molar-refractivity contribution in [3.8, 4) is 0 Å². The van der Waals surface area contributed by atoms with E-state index in [0.717, 1.165) is 36.9 Å². The number of hydrogen-bond acceptors (Lipinski definition) is 3. The van der Waals surface area contributed by atoms with Gasteiger partial charge in [-0.2, -0.15) is 0 Å². The van der Waals surface area contributed by atoms with Crippen LogP contribution < -0.4 is 15.5 Å². The van der Waals surface area contributed by atoms with Crippen molar-refractivity contribution >= 4 is 23.4 Å². The highest BCUT2D eigenvalue weighted by atomic mass is 16.2. The van der Waals surface area contributed by atoms with Gasteiger partial charge in [-0.3, -0.25) is 14.4 Å². The first kappa shape index (κ1) is 17.5. The molecular weight excluding hydrogens is 318 g/mol. The minimum atomic E-state index is -0.803. The maximum absolute atomic E-state index is 12.7. The van der Waals surface area contributed by atoms with Crippen molar-refractivity contribution in [3.05, 3.63) is 29.8 Å². The predicted molar refractivity (Wildman–Crippen MR) is 95.0 cm³/mol. The number of anilines is 1. The van der Waals surface area contributed by atoms with Crippen LogP contribution in [0.4, 0.5) is 5.69 Å². The van der Waals surface area contributed by atoms with E-state index in [1.807, 2.05) is 38.1 Å². The molecule has 1 heterocycles. The van der Waals surface area contributed by atoms with Gasteiger partial charge in [-0.25, -0.2) is 0 Å². The molecule has 1 saturated carbocycles. The van der Waals surface area contributed by atoms with Gasteiger partial charge in [0.15, 0.2) is 0 Å². The lowest BCUT2D eigenvalue weighted by molar-refractivity contribution is -0.141. The summed E-state index contributed by atoms with van der Waals surface area (Å²) in [7, 11) is 0. The Morgan fingerprint density at radius 2 is 1.68 bits per heavy atom. The minimum absolute atomic E-state index is 0.0217. The lowest BCUT2D eigenvalue weighted by atomic mass is 9.95. The zero-order valence-electron chi connectivity index (χ0n) is 14.7. The smallest absolute Gasteiger partial charge is 0.310 e. The summed E-state index contributed by atoms with van der Waals surface area (Å²) in [6, 6.07) is 6.61. The molecule has 1 aliphatic heterocycles. The molecule has 1 aromatic carbocycles. The third kappa shape index (κ3) is 3.52. The van der Waals surface area contributed by atoms with Gasteiger partial charge in [0.05, 0.1) is 0 Å². The topological polar surface area (TPSA) is 78.5 Å². The van der Waals surface area contributed by atoms with Gasteiger partial charge in [-0.1, -0.05) is 37.5 Å². The van der Waals surface area contributed by atoms with Crippen molar-refractivity contribution < 1.29 is 14.4 Å². The molecule has 6 nitrogen and oxygen atoms in total. The Kier molecular flexibility index (Phi) is 5.06. The van der Waals surface area contributed by atoms with Crippen LogP contribution >= 0.6 is 0 Å². The van der Waals surface area contributed by atoms with Crippen molar-refractivity contribution in [2.45, 2.75) is 64.1 Å². The van der Waals surface area contributed by atoms with Crippen molar-refractivity contribution in [2.75, 3.05) is 4.90 Å². The summed E-state index contributed by atoms with van der Waals surface area (Å²) in [6.07, 6.45) is 5.14. The molecule has 0 spiro atoms. The van der Waals surface area contributed by atoms with E-state index in [1.54, 1.807) is 4.90 Å². The predicted octanol–water partition coefficient (Wildman–Crippen LogP) is 2.05. The molecule has 1 atom stereocenters. The Labute approximate surface area is 148 Å². The van der Waals surface area contributed by atoms with Crippen LogP contribution in [-0.2, 0) is 14.4 Å². The van der Waals surface area contributed by atoms with Crippen LogP contribution in [-0.4, -0.2) is 29.8 Å². The van der Waals surface area contributed by atoms with E-state index in [2.05, 4.69) is 10.6 Å². The Bertz CT molecular complexity index is 680. The van der Waals surface area contributed by atoms with Gasteiger partial charge in [0.25, 0.3) is 5.91 Å². The Balaban J connectivity index is 1.70. The number of amides is 3. The average Bonchev–Trinajstić information content (AvgIpc) is 2.88. The number of para-hydroxylation sites is 1. The standard InChI is InChI=1S/C19H25N3O3/c1-12(2)22-15-11-7-6-10-14(15)16(19(22)25)21-18(24)17(23)20-13-8-4-3-5-9-13/h6-7,10-13,16H,3-5,8-9H2,1-2H3,(H,20,23)(H,21,24)/t16-/m1/s1. The summed E-state index contributed by atoms with van der Waals surface area (Å²) in [5, 5.41) is 5.41. The number of carbonyl (C=O) groups is 3. The van der Waals surface area contributed by atoms with Gasteiger partial charge in [0.1, 0.15) is 6.04 Å². The van der Waals surface area contributed by atoms with Crippen LogP contribution in [0.1, 0.15) is 57.6 Å². The highest BCUT2D eigenvalue weighted by Gasteiger charge is 2.40. The first-order chi connectivity index (χ1) is 12.0. The highest BCUT2D eigenvalue weighted by molar-refractivity contribution is 6.35. The molecule has 1 fully saturated rings. The Hall–Kier alpha value is -2.37. The average molecular weight is 343 g/mol. The van der Waals surface area contributed by atoms with E-state index in [1.165, 1.54) is 6.42 Å². The van der Waals surface area contributed by atoms with Crippen molar-refractivity contribution in [1.29, 1.82) is 0 Å². The molecule has 0 radical (unpaired) electrons. The largest absolute Gasteiger partial charge is 0.345 e. The van der Waals surface area contributed by atoms with Crippen molar-refractivity contribution in [1.82, 2.24) is 10.6 Å². The maximum Gasteiger partial charge on any atom is 0.310 e.